The van der Waals surface area contributed by atoms with Crippen molar-refractivity contribution >= 4 is 17.7 Å². The number of rotatable bonds is 5. The number of carbonyl (C=O) groups excluding carboxylic acids is 1. The fourth-order valence-electron chi connectivity index (χ4n) is 2.57. The van der Waals surface area contributed by atoms with Crippen LogP contribution in [0.2, 0.25) is 0 Å². The Morgan fingerprint density at radius 2 is 2.00 bits per heavy atom. The number of hydrogen-bond donors (Lipinski definition) is 1. The second-order valence-electron chi connectivity index (χ2n) is 5.40. The summed E-state index contributed by atoms with van der Waals surface area (Å²) in [6.07, 6.45) is 0.773. The maximum Gasteiger partial charge on any atom is 0.258 e. The lowest BCUT2D eigenvalue weighted by molar-refractivity contribution is -0.123. The van der Waals surface area contributed by atoms with Crippen molar-refractivity contribution in [3.8, 4) is 11.5 Å². The van der Waals surface area contributed by atoms with E-state index in [2.05, 4.69) is 5.32 Å². The molecule has 0 bridgehead atoms. The highest BCUT2D eigenvalue weighted by molar-refractivity contribution is 7.99. The van der Waals surface area contributed by atoms with Gasteiger partial charge in [-0.1, -0.05) is 0 Å². The van der Waals surface area contributed by atoms with Gasteiger partial charge in [-0.3, -0.25) is 4.79 Å². The molecule has 3 rings (SSSR count). The van der Waals surface area contributed by atoms with Crippen molar-refractivity contribution in [1.29, 1.82) is 0 Å². The van der Waals surface area contributed by atoms with E-state index in [-0.39, 0.29) is 24.4 Å². The van der Waals surface area contributed by atoms with Crippen LogP contribution in [0.5, 0.6) is 11.5 Å². The highest BCUT2D eigenvalue weighted by atomic mass is 32.2. The van der Waals surface area contributed by atoms with Crippen LogP contribution in [0.25, 0.3) is 0 Å². The Morgan fingerprint density at radius 3 is 2.75 bits per heavy atom. The standard InChI is InChI=1S/C18H18FNO3S/c1-22-13-3-5-14(6-4-13)23-11-18(21)20-16-8-9-24-17-7-2-12(19)10-15(16)17/h2-7,10,16H,8-9,11H2,1H3,(H,20,21)/t16-/m1/s1. The first kappa shape index (κ1) is 16.6. The Balaban J connectivity index is 1.58. The van der Waals surface area contributed by atoms with Crippen molar-refractivity contribution in [3.63, 3.8) is 0 Å². The number of thioether (sulfide) groups is 1. The molecule has 1 amide bonds. The molecule has 2 aromatic rings. The summed E-state index contributed by atoms with van der Waals surface area (Å²) < 4.78 is 24.0. The average Bonchev–Trinajstić information content (AvgIpc) is 2.61. The summed E-state index contributed by atoms with van der Waals surface area (Å²) in [5.74, 6) is 1.70. The molecule has 1 aliphatic rings. The number of amides is 1. The van der Waals surface area contributed by atoms with E-state index in [1.807, 2.05) is 0 Å². The first-order chi connectivity index (χ1) is 11.7. The van der Waals surface area contributed by atoms with Crippen LogP contribution >= 0.6 is 11.8 Å². The number of benzene rings is 2. The van der Waals surface area contributed by atoms with Crippen LogP contribution in [0.3, 0.4) is 0 Å². The average molecular weight is 347 g/mol. The van der Waals surface area contributed by atoms with Gasteiger partial charge in [0.1, 0.15) is 17.3 Å². The van der Waals surface area contributed by atoms with Crippen molar-refractivity contribution in [2.24, 2.45) is 0 Å². The minimum atomic E-state index is -0.287. The molecule has 0 spiro atoms. The summed E-state index contributed by atoms with van der Waals surface area (Å²) in [5, 5.41) is 2.93. The molecule has 24 heavy (non-hydrogen) atoms. The van der Waals surface area contributed by atoms with Crippen molar-refractivity contribution < 1.29 is 18.7 Å². The molecule has 0 saturated carbocycles. The molecule has 1 atom stereocenters. The van der Waals surface area contributed by atoms with E-state index < -0.39 is 0 Å². The van der Waals surface area contributed by atoms with E-state index in [0.29, 0.717) is 5.75 Å². The monoisotopic (exact) mass is 347 g/mol. The van der Waals surface area contributed by atoms with E-state index in [1.54, 1.807) is 49.2 Å². The third-order valence-electron chi connectivity index (χ3n) is 3.78. The van der Waals surface area contributed by atoms with E-state index in [0.717, 1.165) is 28.4 Å². The van der Waals surface area contributed by atoms with Gasteiger partial charge in [0, 0.05) is 10.6 Å². The molecule has 0 aromatic heterocycles. The topological polar surface area (TPSA) is 47.6 Å². The summed E-state index contributed by atoms with van der Waals surface area (Å²) >= 11 is 1.68. The van der Waals surface area contributed by atoms with Gasteiger partial charge in [0.2, 0.25) is 0 Å². The van der Waals surface area contributed by atoms with Gasteiger partial charge in [-0.25, -0.2) is 4.39 Å². The van der Waals surface area contributed by atoms with Gasteiger partial charge in [-0.05, 0) is 54.4 Å². The number of halogens is 1. The molecule has 1 heterocycles. The molecule has 6 heteroatoms. The first-order valence-corrected chi connectivity index (χ1v) is 8.63. The van der Waals surface area contributed by atoms with E-state index in [9.17, 15) is 9.18 Å². The number of fused-ring (bicyclic) bond motifs is 1. The minimum absolute atomic E-state index is 0.0827. The summed E-state index contributed by atoms with van der Waals surface area (Å²) in [5.41, 5.74) is 0.837. The maximum absolute atomic E-state index is 13.5. The molecule has 0 aliphatic carbocycles. The van der Waals surface area contributed by atoms with Crippen LogP contribution in [0, 0.1) is 5.82 Å². The van der Waals surface area contributed by atoms with E-state index in [4.69, 9.17) is 9.47 Å². The molecule has 4 nitrogen and oxygen atoms in total. The van der Waals surface area contributed by atoms with Gasteiger partial charge in [0.05, 0.1) is 13.2 Å². The lowest BCUT2D eigenvalue weighted by atomic mass is 10.0. The number of carbonyl (C=O) groups is 1. The third kappa shape index (κ3) is 4.00. The van der Waals surface area contributed by atoms with Crippen LogP contribution in [0.4, 0.5) is 4.39 Å². The third-order valence-corrected chi connectivity index (χ3v) is 4.90. The molecular weight excluding hydrogens is 329 g/mol. The van der Waals surface area contributed by atoms with Crippen LogP contribution in [-0.4, -0.2) is 25.4 Å². The van der Waals surface area contributed by atoms with Crippen molar-refractivity contribution in [2.45, 2.75) is 17.4 Å². The SMILES string of the molecule is COc1ccc(OCC(=O)N[C@@H]2CCSc3ccc(F)cc32)cc1. The molecule has 0 unspecified atom stereocenters. The van der Waals surface area contributed by atoms with Gasteiger partial charge < -0.3 is 14.8 Å². The zero-order chi connectivity index (χ0) is 16.9. The molecule has 2 aromatic carbocycles. The molecular formula is C18H18FNO3S. The van der Waals surface area contributed by atoms with Gasteiger partial charge in [-0.15, -0.1) is 11.8 Å². The van der Waals surface area contributed by atoms with Gasteiger partial charge in [0.15, 0.2) is 6.61 Å². The number of nitrogens with one attached hydrogen (secondary N) is 1. The Bertz CT molecular complexity index is 721. The van der Waals surface area contributed by atoms with Crippen LogP contribution < -0.4 is 14.8 Å². The lowest BCUT2D eigenvalue weighted by Crippen LogP contribution is -2.34. The Kier molecular flexibility index (Phi) is 5.25. The fraction of sp³-hybridized carbons (Fsp3) is 0.278. The summed E-state index contributed by atoms with van der Waals surface area (Å²) in [4.78, 5) is 13.2. The second kappa shape index (κ2) is 7.57. The molecule has 1 N–H and O–H groups in total. The van der Waals surface area contributed by atoms with Gasteiger partial charge in [-0.2, -0.15) is 0 Å². The van der Waals surface area contributed by atoms with Crippen molar-refractivity contribution in [3.05, 3.63) is 53.8 Å². The Morgan fingerprint density at radius 1 is 1.25 bits per heavy atom. The predicted octanol–water partition coefficient (Wildman–Crippen LogP) is 3.57. The highest BCUT2D eigenvalue weighted by Crippen LogP contribution is 2.36. The highest BCUT2D eigenvalue weighted by Gasteiger charge is 2.23. The summed E-state index contributed by atoms with van der Waals surface area (Å²) in [6, 6.07) is 11.6. The summed E-state index contributed by atoms with van der Waals surface area (Å²) in [6.45, 7) is -0.0827. The quantitative estimate of drug-likeness (QED) is 0.898. The molecule has 126 valence electrons. The summed E-state index contributed by atoms with van der Waals surface area (Å²) in [7, 11) is 1.59. The Labute approximate surface area is 144 Å². The van der Waals surface area contributed by atoms with E-state index in [1.165, 1.54) is 12.1 Å². The minimum Gasteiger partial charge on any atom is -0.497 e. The van der Waals surface area contributed by atoms with Crippen LogP contribution in [-0.2, 0) is 4.79 Å². The molecule has 0 fully saturated rings. The first-order valence-electron chi connectivity index (χ1n) is 7.64. The largest absolute Gasteiger partial charge is 0.497 e. The maximum atomic E-state index is 13.5. The lowest BCUT2D eigenvalue weighted by Gasteiger charge is -2.26. The normalized spacial score (nSPS) is 16.2. The molecule has 1 aliphatic heterocycles. The van der Waals surface area contributed by atoms with Crippen molar-refractivity contribution in [2.75, 3.05) is 19.5 Å². The Hall–Kier alpha value is -2.21. The van der Waals surface area contributed by atoms with Gasteiger partial charge in [0.25, 0.3) is 5.91 Å². The number of ether oxygens (including phenoxy) is 2. The zero-order valence-electron chi connectivity index (χ0n) is 13.3. The number of hydrogen-bond acceptors (Lipinski definition) is 4. The number of methoxy groups -OCH3 is 1. The van der Waals surface area contributed by atoms with Crippen molar-refractivity contribution in [1.82, 2.24) is 5.32 Å². The zero-order valence-corrected chi connectivity index (χ0v) is 14.1. The van der Waals surface area contributed by atoms with Crippen LogP contribution in [0.15, 0.2) is 47.4 Å². The molecule has 0 radical (unpaired) electrons. The predicted molar refractivity (Wildman–Crippen MR) is 91.1 cm³/mol. The smallest absolute Gasteiger partial charge is 0.258 e. The second-order valence-corrected chi connectivity index (χ2v) is 6.54. The molecule has 0 saturated heterocycles. The van der Waals surface area contributed by atoms with Crippen LogP contribution in [0.1, 0.15) is 18.0 Å². The van der Waals surface area contributed by atoms with Gasteiger partial charge >= 0.3 is 0 Å². The van der Waals surface area contributed by atoms with E-state index >= 15 is 0 Å². The fourth-order valence-corrected chi connectivity index (χ4v) is 3.68.